The molecule has 1 N–H and O–H groups in total. The quantitative estimate of drug-likeness (QED) is 0.846. The van der Waals surface area contributed by atoms with Crippen molar-refractivity contribution in [2.75, 3.05) is 39.5 Å². The number of nitrogens with zero attached hydrogens (tertiary/aromatic N) is 3. The molecule has 114 valence electrons. The third-order valence-electron chi connectivity index (χ3n) is 3.90. The van der Waals surface area contributed by atoms with Crippen molar-refractivity contribution in [3.05, 3.63) is 18.0 Å². The monoisotopic (exact) mass is 300 g/mol. The van der Waals surface area contributed by atoms with Crippen LogP contribution < -0.4 is 0 Å². The van der Waals surface area contributed by atoms with Crippen molar-refractivity contribution in [1.29, 1.82) is 0 Å². The summed E-state index contributed by atoms with van der Waals surface area (Å²) >= 11 is 0. The molecule has 0 aromatic carbocycles. The third kappa shape index (κ3) is 4.04. The fourth-order valence-electron chi connectivity index (χ4n) is 2.66. The van der Waals surface area contributed by atoms with Gasteiger partial charge in [0.1, 0.15) is 0 Å². The second kappa shape index (κ2) is 6.69. The zero-order valence-electron chi connectivity index (χ0n) is 12.2. The number of aromatic amines is 1. The highest BCUT2D eigenvalue weighted by Gasteiger charge is 2.22. The van der Waals surface area contributed by atoms with Crippen molar-refractivity contribution in [1.82, 2.24) is 19.4 Å². The molecule has 0 saturated carbocycles. The molecule has 1 aliphatic rings. The highest BCUT2D eigenvalue weighted by molar-refractivity contribution is 7.89. The molecule has 1 fully saturated rings. The second-order valence-corrected chi connectivity index (χ2v) is 7.91. The van der Waals surface area contributed by atoms with Gasteiger partial charge in [0.2, 0.25) is 10.0 Å². The highest BCUT2D eigenvalue weighted by Crippen LogP contribution is 2.25. The highest BCUT2D eigenvalue weighted by atomic mass is 32.2. The van der Waals surface area contributed by atoms with E-state index in [9.17, 15) is 8.42 Å². The van der Waals surface area contributed by atoms with Crippen LogP contribution in [0.3, 0.4) is 0 Å². The van der Waals surface area contributed by atoms with Gasteiger partial charge >= 0.3 is 0 Å². The first-order valence-electron chi connectivity index (χ1n) is 7.11. The number of sulfonamides is 1. The van der Waals surface area contributed by atoms with E-state index in [-0.39, 0.29) is 5.75 Å². The maximum atomic E-state index is 11.7. The van der Waals surface area contributed by atoms with Gasteiger partial charge in [0.15, 0.2) is 0 Å². The first-order valence-corrected chi connectivity index (χ1v) is 8.72. The van der Waals surface area contributed by atoms with Gasteiger partial charge in [0, 0.05) is 38.4 Å². The molecular formula is C13H24N4O2S. The number of H-pyrrole nitrogens is 1. The number of aromatic nitrogens is 2. The average molecular weight is 300 g/mol. The Morgan fingerprint density at radius 1 is 1.50 bits per heavy atom. The molecule has 2 heterocycles. The summed E-state index contributed by atoms with van der Waals surface area (Å²) in [5.74, 6) is 0.724. The van der Waals surface area contributed by atoms with Crippen LogP contribution in [-0.4, -0.2) is 67.3 Å². The minimum atomic E-state index is -3.07. The van der Waals surface area contributed by atoms with Gasteiger partial charge < -0.3 is 4.90 Å². The summed E-state index contributed by atoms with van der Waals surface area (Å²) < 4.78 is 24.7. The molecule has 0 bridgehead atoms. The number of nitrogens with one attached hydrogen (secondary N) is 1. The molecule has 1 aromatic rings. The van der Waals surface area contributed by atoms with Crippen molar-refractivity contribution in [2.45, 2.75) is 25.2 Å². The summed E-state index contributed by atoms with van der Waals surface area (Å²) in [6, 6.07) is 2.03. The fourth-order valence-corrected chi connectivity index (χ4v) is 3.52. The topological polar surface area (TPSA) is 69.3 Å². The van der Waals surface area contributed by atoms with E-state index >= 15 is 0 Å². The lowest BCUT2D eigenvalue weighted by Gasteiger charge is -2.32. The number of piperidine rings is 1. The average Bonchev–Trinajstić information content (AvgIpc) is 2.92. The maximum absolute atomic E-state index is 11.7. The van der Waals surface area contributed by atoms with Crippen molar-refractivity contribution in [2.24, 2.45) is 0 Å². The molecule has 1 saturated heterocycles. The normalized spacial score (nSPS) is 21.4. The maximum Gasteiger partial charge on any atom is 0.213 e. The standard InChI is InChI=1S/C13H24N4O2S/c1-16(2)20(18,19)10-4-9-17-8-3-5-12(11-17)13-6-7-14-15-13/h6-7,12H,3-5,8-11H2,1-2H3,(H,14,15)/t12-/m0/s1. The number of hydrogen-bond donors (Lipinski definition) is 1. The lowest BCUT2D eigenvalue weighted by atomic mass is 9.95. The zero-order chi connectivity index (χ0) is 14.6. The molecular weight excluding hydrogens is 276 g/mol. The molecule has 1 aliphatic heterocycles. The van der Waals surface area contributed by atoms with E-state index < -0.39 is 10.0 Å². The number of rotatable bonds is 6. The summed E-state index contributed by atoms with van der Waals surface area (Å²) in [6.07, 6.45) is 4.81. The summed E-state index contributed by atoms with van der Waals surface area (Å²) in [4.78, 5) is 2.36. The molecule has 1 atom stereocenters. The molecule has 1 aromatic heterocycles. The summed E-state index contributed by atoms with van der Waals surface area (Å²) in [7, 11) is 0.110. The second-order valence-electron chi connectivity index (χ2n) is 5.60. The Morgan fingerprint density at radius 2 is 2.30 bits per heavy atom. The first-order chi connectivity index (χ1) is 9.49. The van der Waals surface area contributed by atoms with Crippen LogP contribution in [0.2, 0.25) is 0 Å². The van der Waals surface area contributed by atoms with Crippen LogP contribution in [0.4, 0.5) is 0 Å². The van der Waals surface area contributed by atoms with Crippen LogP contribution in [0.15, 0.2) is 12.3 Å². The van der Waals surface area contributed by atoms with Crippen LogP contribution in [0.25, 0.3) is 0 Å². The molecule has 6 nitrogen and oxygen atoms in total. The number of likely N-dealkylation sites (tertiary alicyclic amines) is 1. The Morgan fingerprint density at radius 3 is 2.95 bits per heavy atom. The predicted octanol–water partition coefficient (Wildman–Crippen LogP) is 0.871. The third-order valence-corrected chi connectivity index (χ3v) is 5.82. The first kappa shape index (κ1) is 15.5. The van der Waals surface area contributed by atoms with E-state index in [0.717, 1.165) is 26.1 Å². The van der Waals surface area contributed by atoms with Crippen molar-refractivity contribution in [3.8, 4) is 0 Å². The Kier molecular flexibility index (Phi) is 5.17. The van der Waals surface area contributed by atoms with Crippen molar-refractivity contribution in [3.63, 3.8) is 0 Å². The summed E-state index contributed by atoms with van der Waals surface area (Å²) in [5, 5.41) is 7.05. The van der Waals surface area contributed by atoms with Crippen molar-refractivity contribution >= 4 is 10.0 Å². The fraction of sp³-hybridized carbons (Fsp3) is 0.769. The molecule has 0 unspecified atom stereocenters. The zero-order valence-corrected chi connectivity index (χ0v) is 13.1. The van der Waals surface area contributed by atoms with Gasteiger partial charge in [-0.25, -0.2) is 12.7 Å². The Bertz CT molecular complexity index is 498. The van der Waals surface area contributed by atoms with E-state index in [1.165, 1.54) is 16.4 Å². The largest absolute Gasteiger partial charge is 0.303 e. The molecule has 0 radical (unpaired) electrons. The van der Waals surface area contributed by atoms with E-state index in [4.69, 9.17) is 0 Å². The van der Waals surface area contributed by atoms with Crippen LogP contribution in [0.5, 0.6) is 0 Å². The Hall–Kier alpha value is -0.920. The minimum Gasteiger partial charge on any atom is -0.303 e. The van der Waals surface area contributed by atoms with Gasteiger partial charge in [-0.1, -0.05) is 0 Å². The molecule has 0 spiro atoms. The lowest BCUT2D eigenvalue weighted by Crippen LogP contribution is -2.36. The van der Waals surface area contributed by atoms with Crippen molar-refractivity contribution < 1.29 is 8.42 Å². The van der Waals surface area contributed by atoms with E-state index in [2.05, 4.69) is 15.1 Å². The molecule has 0 amide bonds. The lowest BCUT2D eigenvalue weighted by molar-refractivity contribution is 0.206. The van der Waals surface area contributed by atoms with Gasteiger partial charge in [-0.2, -0.15) is 5.10 Å². The van der Waals surface area contributed by atoms with Crippen LogP contribution in [0, 0.1) is 0 Å². The predicted molar refractivity (Wildman–Crippen MR) is 79.1 cm³/mol. The van der Waals surface area contributed by atoms with Gasteiger partial charge in [-0.05, 0) is 38.4 Å². The van der Waals surface area contributed by atoms with E-state index in [0.29, 0.717) is 12.3 Å². The molecule has 20 heavy (non-hydrogen) atoms. The Balaban J connectivity index is 1.79. The molecule has 0 aliphatic carbocycles. The van der Waals surface area contributed by atoms with Gasteiger partial charge in [-0.3, -0.25) is 5.10 Å². The number of hydrogen-bond acceptors (Lipinski definition) is 4. The summed E-state index contributed by atoms with van der Waals surface area (Å²) in [5.41, 5.74) is 1.19. The minimum absolute atomic E-state index is 0.227. The molecule has 2 rings (SSSR count). The van der Waals surface area contributed by atoms with Crippen LogP contribution in [-0.2, 0) is 10.0 Å². The van der Waals surface area contributed by atoms with Gasteiger partial charge in [-0.15, -0.1) is 0 Å². The van der Waals surface area contributed by atoms with E-state index in [1.54, 1.807) is 20.3 Å². The Labute approximate surface area is 121 Å². The SMILES string of the molecule is CN(C)S(=O)(=O)CCCN1CCC[C@H](c2ccn[nH]2)C1. The van der Waals surface area contributed by atoms with Crippen LogP contribution >= 0.6 is 0 Å². The van der Waals surface area contributed by atoms with Gasteiger partial charge in [0.25, 0.3) is 0 Å². The summed E-state index contributed by atoms with van der Waals surface area (Å²) in [6.45, 7) is 2.90. The van der Waals surface area contributed by atoms with E-state index in [1.807, 2.05) is 6.07 Å². The molecule has 7 heteroatoms. The van der Waals surface area contributed by atoms with Gasteiger partial charge in [0.05, 0.1) is 5.75 Å². The smallest absolute Gasteiger partial charge is 0.213 e. The van der Waals surface area contributed by atoms with Crippen LogP contribution in [0.1, 0.15) is 30.9 Å².